The number of hydrogen-bond acceptors (Lipinski definition) is 8. The minimum atomic E-state index is -0.228. The molecule has 3 aromatic rings. The molecule has 1 aromatic carbocycles. The summed E-state index contributed by atoms with van der Waals surface area (Å²) in [6.07, 6.45) is 1.85. The van der Waals surface area contributed by atoms with Crippen LogP contribution in [0.5, 0.6) is 5.75 Å². The largest absolute Gasteiger partial charge is 0.486 e. The first-order chi connectivity index (χ1) is 13.5. The van der Waals surface area contributed by atoms with Crippen molar-refractivity contribution in [2.24, 2.45) is 0 Å². The van der Waals surface area contributed by atoms with Crippen LogP contribution in [0.1, 0.15) is 38.2 Å². The first-order valence-electron chi connectivity index (χ1n) is 8.91. The second kappa shape index (κ2) is 7.94. The van der Waals surface area contributed by atoms with E-state index < -0.39 is 0 Å². The molecule has 1 fully saturated rings. The third-order valence-corrected chi connectivity index (χ3v) is 6.19. The van der Waals surface area contributed by atoms with Crippen molar-refractivity contribution in [2.45, 2.75) is 32.9 Å². The number of rotatable bonds is 6. The summed E-state index contributed by atoms with van der Waals surface area (Å²) < 4.78 is 11.1. The number of nitrogens with one attached hydrogen (secondary N) is 1. The summed E-state index contributed by atoms with van der Waals surface area (Å²) in [5.74, 6) is 0.452. The Bertz CT molecular complexity index is 997. The second-order valence-corrected chi connectivity index (χ2v) is 9.10. The van der Waals surface area contributed by atoms with Crippen LogP contribution in [-0.2, 0) is 4.74 Å². The van der Waals surface area contributed by atoms with Gasteiger partial charge in [0.25, 0.3) is 5.91 Å². The number of thiazole rings is 1. The predicted molar refractivity (Wildman–Crippen MR) is 108 cm³/mol. The Morgan fingerprint density at radius 3 is 2.68 bits per heavy atom. The Morgan fingerprint density at radius 1 is 1.25 bits per heavy atom. The van der Waals surface area contributed by atoms with Gasteiger partial charge in [0.2, 0.25) is 0 Å². The van der Waals surface area contributed by atoms with Gasteiger partial charge in [-0.25, -0.2) is 4.98 Å². The highest BCUT2D eigenvalue weighted by Crippen LogP contribution is 2.30. The Labute approximate surface area is 170 Å². The van der Waals surface area contributed by atoms with E-state index in [1.54, 1.807) is 17.4 Å². The molecule has 0 spiro atoms. The average molecular weight is 417 g/mol. The number of aromatic nitrogens is 3. The third kappa shape index (κ3) is 4.21. The Balaban J connectivity index is 1.60. The zero-order chi connectivity index (χ0) is 19.7. The SMILES string of the molecule is Cc1cnc(-c2cc(OC3COC3)cc(C(=O)N[C@H](C)c3nnc(C)s3)c2)s1. The van der Waals surface area contributed by atoms with Crippen LogP contribution < -0.4 is 10.1 Å². The van der Waals surface area contributed by atoms with Crippen LogP contribution in [0.15, 0.2) is 24.4 Å². The summed E-state index contributed by atoms with van der Waals surface area (Å²) in [7, 11) is 0. The first kappa shape index (κ1) is 19.0. The molecular formula is C19H20N4O3S2. The number of aryl methyl sites for hydroxylation is 2. The highest BCUT2D eigenvalue weighted by atomic mass is 32.1. The fraction of sp³-hybridized carbons (Fsp3) is 0.368. The molecule has 1 saturated heterocycles. The van der Waals surface area contributed by atoms with Gasteiger partial charge in [-0.15, -0.1) is 21.5 Å². The van der Waals surface area contributed by atoms with Gasteiger partial charge >= 0.3 is 0 Å². The molecule has 4 rings (SSSR count). The highest BCUT2D eigenvalue weighted by molar-refractivity contribution is 7.15. The quantitative estimate of drug-likeness (QED) is 0.661. The van der Waals surface area contributed by atoms with E-state index in [2.05, 4.69) is 20.5 Å². The van der Waals surface area contributed by atoms with Gasteiger partial charge < -0.3 is 14.8 Å². The Morgan fingerprint density at radius 2 is 2.07 bits per heavy atom. The van der Waals surface area contributed by atoms with E-state index in [-0.39, 0.29) is 18.1 Å². The zero-order valence-corrected chi connectivity index (χ0v) is 17.4. The lowest BCUT2D eigenvalue weighted by Crippen LogP contribution is -2.38. The third-order valence-electron chi connectivity index (χ3n) is 4.21. The lowest BCUT2D eigenvalue weighted by Gasteiger charge is -2.27. The highest BCUT2D eigenvalue weighted by Gasteiger charge is 2.22. The van der Waals surface area contributed by atoms with Crippen molar-refractivity contribution >= 4 is 28.6 Å². The predicted octanol–water partition coefficient (Wildman–Crippen LogP) is 3.55. The van der Waals surface area contributed by atoms with Crippen LogP contribution in [-0.4, -0.2) is 40.4 Å². The minimum absolute atomic E-state index is 0.0208. The standard InChI is InChI=1S/C19H20N4O3S2/c1-10-7-20-19(27-10)14-4-13(5-15(6-14)26-16-8-25-9-16)17(24)21-11(2)18-23-22-12(3)28-18/h4-7,11,16H,8-9H2,1-3H3,(H,21,24)/t11-/m1/s1. The summed E-state index contributed by atoms with van der Waals surface area (Å²) in [4.78, 5) is 18.4. The molecule has 2 aromatic heterocycles. The van der Waals surface area contributed by atoms with Crippen LogP contribution in [0, 0.1) is 13.8 Å². The van der Waals surface area contributed by atoms with Gasteiger partial charge in [-0.2, -0.15) is 0 Å². The van der Waals surface area contributed by atoms with Gasteiger partial charge in [-0.05, 0) is 39.0 Å². The molecule has 1 atom stereocenters. The smallest absolute Gasteiger partial charge is 0.251 e. The summed E-state index contributed by atoms with van der Waals surface area (Å²) >= 11 is 3.06. The Kier molecular flexibility index (Phi) is 5.38. The van der Waals surface area contributed by atoms with Crippen molar-refractivity contribution in [1.82, 2.24) is 20.5 Å². The summed E-state index contributed by atoms with van der Waals surface area (Å²) in [6.45, 7) is 6.93. The maximum Gasteiger partial charge on any atom is 0.251 e. The molecule has 7 nitrogen and oxygen atoms in total. The molecule has 0 unspecified atom stereocenters. The maximum absolute atomic E-state index is 12.9. The molecule has 0 bridgehead atoms. The maximum atomic E-state index is 12.9. The van der Waals surface area contributed by atoms with E-state index in [0.717, 1.165) is 25.5 Å². The molecule has 146 valence electrons. The van der Waals surface area contributed by atoms with Gasteiger partial charge in [-0.1, -0.05) is 11.3 Å². The van der Waals surface area contributed by atoms with Crippen molar-refractivity contribution in [3.63, 3.8) is 0 Å². The fourth-order valence-corrected chi connectivity index (χ4v) is 4.17. The zero-order valence-electron chi connectivity index (χ0n) is 15.8. The number of benzene rings is 1. The molecule has 1 aliphatic heterocycles. The van der Waals surface area contributed by atoms with Gasteiger partial charge in [0.15, 0.2) is 0 Å². The number of amides is 1. The summed E-state index contributed by atoms with van der Waals surface area (Å²) in [6, 6.07) is 5.30. The molecule has 0 radical (unpaired) electrons. The van der Waals surface area contributed by atoms with Crippen molar-refractivity contribution in [3.05, 3.63) is 44.9 Å². The first-order valence-corrected chi connectivity index (χ1v) is 10.5. The summed E-state index contributed by atoms with van der Waals surface area (Å²) in [5.41, 5.74) is 1.38. The van der Waals surface area contributed by atoms with E-state index in [4.69, 9.17) is 9.47 Å². The minimum Gasteiger partial charge on any atom is -0.486 e. The monoisotopic (exact) mass is 416 g/mol. The van der Waals surface area contributed by atoms with E-state index in [1.165, 1.54) is 11.3 Å². The van der Waals surface area contributed by atoms with Crippen LogP contribution in [0.25, 0.3) is 10.6 Å². The second-order valence-electron chi connectivity index (χ2n) is 6.65. The lowest BCUT2D eigenvalue weighted by molar-refractivity contribution is -0.0796. The number of carbonyl (C=O) groups excluding carboxylic acids is 1. The van der Waals surface area contributed by atoms with Crippen molar-refractivity contribution < 1.29 is 14.3 Å². The molecule has 3 heterocycles. The molecule has 0 aliphatic carbocycles. The normalized spacial score (nSPS) is 15.1. The van der Waals surface area contributed by atoms with Crippen molar-refractivity contribution in [2.75, 3.05) is 13.2 Å². The fourth-order valence-electron chi connectivity index (χ4n) is 2.71. The van der Waals surface area contributed by atoms with Crippen molar-refractivity contribution in [3.8, 4) is 16.3 Å². The van der Waals surface area contributed by atoms with E-state index in [0.29, 0.717) is 24.5 Å². The molecule has 0 saturated carbocycles. The number of ether oxygens (including phenoxy) is 2. The van der Waals surface area contributed by atoms with E-state index in [9.17, 15) is 4.79 Å². The lowest BCUT2D eigenvalue weighted by atomic mass is 10.1. The summed E-state index contributed by atoms with van der Waals surface area (Å²) in [5, 5.41) is 13.6. The van der Waals surface area contributed by atoms with Crippen molar-refractivity contribution in [1.29, 1.82) is 0 Å². The molecule has 28 heavy (non-hydrogen) atoms. The van der Waals surface area contributed by atoms with Crippen LogP contribution >= 0.6 is 22.7 Å². The number of nitrogens with zero attached hydrogens (tertiary/aromatic N) is 3. The molecular weight excluding hydrogens is 396 g/mol. The van der Waals surface area contributed by atoms with Crippen LogP contribution in [0.4, 0.5) is 0 Å². The van der Waals surface area contributed by atoms with Gasteiger partial charge in [0, 0.05) is 22.2 Å². The number of hydrogen-bond donors (Lipinski definition) is 1. The molecule has 9 heteroatoms. The Hall–Kier alpha value is -2.36. The average Bonchev–Trinajstić information content (AvgIpc) is 3.26. The molecule has 1 amide bonds. The van der Waals surface area contributed by atoms with Crippen LogP contribution in [0.2, 0.25) is 0 Å². The van der Waals surface area contributed by atoms with E-state index in [1.807, 2.05) is 39.1 Å². The number of carbonyl (C=O) groups is 1. The van der Waals surface area contributed by atoms with Gasteiger partial charge in [0.05, 0.1) is 19.3 Å². The van der Waals surface area contributed by atoms with E-state index >= 15 is 0 Å². The van der Waals surface area contributed by atoms with Gasteiger partial charge in [-0.3, -0.25) is 4.79 Å². The topological polar surface area (TPSA) is 86.2 Å². The molecule has 1 N–H and O–H groups in total. The molecule has 1 aliphatic rings. The van der Waals surface area contributed by atoms with Gasteiger partial charge in [0.1, 0.15) is 26.9 Å². The van der Waals surface area contributed by atoms with Crippen LogP contribution in [0.3, 0.4) is 0 Å².